The van der Waals surface area contributed by atoms with Crippen LogP contribution in [-0.4, -0.2) is 83.2 Å². The fourth-order valence-corrected chi connectivity index (χ4v) is 7.38. The Bertz CT molecular complexity index is 1660. The molecule has 1 aliphatic heterocycles. The molecular weight excluding hydrogens is 574 g/mol. The number of nitrogens with one attached hydrogen (secondary N) is 1. The number of anilines is 1. The first-order chi connectivity index (χ1) is 19.5. The summed E-state index contributed by atoms with van der Waals surface area (Å²) in [7, 11) is -6.05. The summed E-state index contributed by atoms with van der Waals surface area (Å²) in [5.41, 5.74) is -0.262. The van der Waals surface area contributed by atoms with Crippen LogP contribution in [0, 0.1) is 0 Å². The molecular formula is C27H27N3O9S2. The van der Waals surface area contributed by atoms with Gasteiger partial charge in [-0.1, -0.05) is 36.4 Å². The molecule has 41 heavy (non-hydrogen) atoms. The lowest BCUT2D eigenvalue weighted by Gasteiger charge is -2.39. The van der Waals surface area contributed by atoms with Gasteiger partial charge in [-0.05, 0) is 42.5 Å². The molecule has 14 heteroatoms. The molecule has 1 N–H and O–H groups in total. The van der Waals surface area contributed by atoms with E-state index in [2.05, 4.69) is 5.32 Å². The lowest BCUT2D eigenvalue weighted by atomic mass is 10.1. The Morgan fingerprint density at radius 3 is 1.88 bits per heavy atom. The van der Waals surface area contributed by atoms with Crippen molar-refractivity contribution in [1.29, 1.82) is 0 Å². The molecule has 4 rings (SSSR count). The number of esters is 2. The van der Waals surface area contributed by atoms with E-state index in [1.165, 1.54) is 54.6 Å². The third kappa shape index (κ3) is 6.15. The third-order valence-corrected chi connectivity index (χ3v) is 10.2. The topological polar surface area (TPSA) is 156 Å². The van der Waals surface area contributed by atoms with Crippen molar-refractivity contribution in [2.45, 2.75) is 15.8 Å². The number of hydrogen-bond acceptors (Lipinski definition) is 9. The minimum Gasteiger partial charge on any atom is -0.465 e. The first-order valence-corrected chi connectivity index (χ1v) is 15.1. The van der Waals surface area contributed by atoms with Crippen molar-refractivity contribution in [1.82, 2.24) is 8.61 Å². The van der Waals surface area contributed by atoms with Gasteiger partial charge in [0.05, 0.1) is 40.8 Å². The van der Waals surface area contributed by atoms with Crippen molar-refractivity contribution in [3.8, 4) is 0 Å². The second-order valence-electron chi connectivity index (χ2n) is 8.85. The monoisotopic (exact) mass is 601 g/mol. The molecule has 1 heterocycles. The van der Waals surface area contributed by atoms with Crippen LogP contribution in [0.1, 0.15) is 20.7 Å². The minimum atomic E-state index is -4.25. The molecule has 0 bridgehead atoms. The van der Waals surface area contributed by atoms with E-state index >= 15 is 0 Å². The van der Waals surface area contributed by atoms with Crippen molar-refractivity contribution >= 4 is 43.6 Å². The summed E-state index contributed by atoms with van der Waals surface area (Å²) in [6.07, 6.45) is 0. The molecule has 1 fully saturated rings. The van der Waals surface area contributed by atoms with Crippen molar-refractivity contribution in [2.75, 3.05) is 39.2 Å². The molecule has 3 aromatic carbocycles. The molecule has 0 aliphatic carbocycles. The molecule has 1 aliphatic rings. The van der Waals surface area contributed by atoms with E-state index < -0.39 is 50.5 Å². The van der Waals surface area contributed by atoms with Crippen molar-refractivity contribution in [2.24, 2.45) is 0 Å². The lowest BCUT2D eigenvalue weighted by molar-refractivity contribution is -0.120. The number of carbonyl (C=O) groups excluding carboxylic acids is 3. The van der Waals surface area contributed by atoms with Gasteiger partial charge in [-0.15, -0.1) is 0 Å². The van der Waals surface area contributed by atoms with Crippen LogP contribution in [0.5, 0.6) is 0 Å². The van der Waals surface area contributed by atoms with Gasteiger partial charge in [0, 0.05) is 19.6 Å². The van der Waals surface area contributed by atoms with Gasteiger partial charge in [-0.2, -0.15) is 8.61 Å². The van der Waals surface area contributed by atoms with Crippen LogP contribution in [0.3, 0.4) is 0 Å². The molecule has 1 saturated heterocycles. The number of methoxy groups -OCH3 is 2. The molecule has 0 radical (unpaired) electrons. The number of rotatable bonds is 8. The summed E-state index contributed by atoms with van der Waals surface area (Å²) in [6.45, 7) is -1.05. The highest BCUT2D eigenvalue weighted by Crippen LogP contribution is 2.27. The van der Waals surface area contributed by atoms with Gasteiger partial charge >= 0.3 is 11.9 Å². The number of sulfonamides is 2. The van der Waals surface area contributed by atoms with Crippen LogP contribution in [0.15, 0.2) is 88.7 Å². The SMILES string of the molecule is COC(=O)c1ccc(C(=O)OC)c(NC(=O)[C@H]2CN(S(=O)(=O)c3ccccc3)CCN2S(=O)(=O)c2ccccc2)c1. The maximum Gasteiger partial charge on any atom is 0.339 e. The molecule has 0 saturated carbocycles. The second-order valence-corrected chi connectivity index (χ2v) is 12.7. The van der Waals surface area contributed by atoms with Gasteiger partial charge in [0.2, 0.25) is 26.0 Å². The van der Waals surface area contributed by atoms with Crippen LogP contribution in [0.2, 0.25) is 0 Å². The van der Waals surface area contributed by atoms with E-state index in [0.29, 0.717) is 0 Å². The van der Waals surface area contributed by atoms with Crippen molar-refractivity contribution in [3.63, 3.8) is 0 Å². The van der Waals surface area contributed by atoms with Crippen LogP contribution < -0.4 is 5.32 Å². The molecule has 0 spiro atoms. The zero-order chi connectivity index (χ0) is 29.8. The Balaban J connectivity index is 1.76. The number of amides is 1. The van der Waals surface area contributed by atoms with Gasteiger partial charge in [0.1, 0.15) is 6.04 Å². The summed E-state index contributed by atoms with van der Waals surface area (Å²) < 4.78 is 65.5. The van der Waals surface area contributed by atoms with E-state index in [-0.39, 0.29) is 39.7 Å². The number of nitrogens with zero attached hydrogens (tertiary/aromatic N) is 2. The smallest absolute Gasteiger partial charge is 0.339 e. The Kier molecular flexibility index (Phi) is 8.87. The fourth-order valence-electron chi connectivity index (χ4n) is 4.33. The van der Waals surface area contributed by atoms with Crippen LogP contribution in [0.25, 0.3) is 0 Å². The molecule has 216 valence electrons. The van der Waals surface area contributed by atoms with Crippen molar-refractivity contribution < 1.29 is 40.7 Å². The molecule has 3 aromatic rings. The average Bonchev–Trinajstić information content (AvgIpc) is 3.00. The predicted octanol–water partition coefficient (Wildman–Crippen LogP) is 1.96. The summed E-state index contributed by atoms with van der Waals surface area (Å²) >= 11 is 0. The zero-order valence-electron chi connectivity index (χ0n) is 22.1. The van der Waals surface area contributed by atoms with Crippen LogP contribution in [0.4, 0.5) is 5.69 Å². The second kappa shape index (κ2) is 12.2. The largest absolute Gasteiger partial charge is 0.465 e. The first kappa shape index (κ1) is 29.9. The summed E-state index contributed by atoms with van der Waals surface area (Å²) in [5.74, 6) is -2.50. The molecule has 12 nitrogen and oxygen atoms in total. The number of hydrogen-bond donors (Lipinski definition) is 1. The first-order valence-electron chi connectivity index (χ1n) is 12.2. The summed E-state index contributed by atoms with van der Waals surface area (Å²) in [6, 6.07) is 17.2. The predicted molar refractivity (Wildman–Crippen MR) is 147 cm³/mol. The van der Waals surface area contributed by atoms with Gasteiger partial charge in [-0.25, -0.2) is 26.4 Å². The third-order valence-electron chi connectivity index (χ3n) is 6.43. The molecule has 1 amide bonds. The van der Waals surface area contributed by atoms with E-state index in [0.717, 1.165) is 22.8 Å². The highest BCUT2D eigenvalue weighted by Gasteiger charge is 2.43. The van der Waals surface area contributed by atoms with Crippen LogP contribution >= 0.6 is 0 Å². The molecule has 0 unspecified atom stereocenters. The number of benzene rings is 3. The Morgan fingerprint density at radius 1 is 0.756 bits per heavy atom. The summed E-state index contributed by atoms with van der Waals surface area (Å²) in [5, 5.41) is 2.51. The average molecular weight is 602 g/mol. The maximum absolute atomic E-state index is 13.8. The number of piperazine rings is 1. The lowest BCUT2D eigenvalue weighted by Crippen LogP contribution is -2.60. The number of ether oxygens (including phenoxy) is 2. The number of carbonyl (C=O) groups is 3. The Morgan fingerprint density at radius 2 is 1.32 bits per heavy atom. The van der Waals surface area contributed by atoms with Crippen molar-refractivity contribution in [3.05, 3.63) is 90.0 Å². The van der Waals surface area contributed by atoms with E-state index in [4.69, 9.17) is 9.47 Å². The van der Waals surface area contributed by atoms with Gasteiger partial charge in [0.15, 0.2) is 0 Å². The standard InChI is InChI=1S/C27H27N3O9S2/c1-38-26(32)19-13-14-22(27(33)39-2)23(17-19)28-25(31)24-18-29(40(34,35)20-9-5-3-6-10-20)15-16-30(24)41(36,37)21-11-7-4-8-12-21/h3-14,17,24H,15-16,18H2,1-2H3,(H,28,31)/t24-/m1/s1. The van der Waals surface area contributed by atoms with Crippen LogP contribution in [-0.2, 0) is 34.3 Å². The Hall–Kier alpha value is -4.11. The Labute approximate surface area is 237 Å². The zero-order valence-corrected chi connectivity index (χ0v) is 23.7. The van der Waals surface area contributed by atoms with Gasteiger partial charge in [-0.3, -0.25) is 4.79 Å². The highest BCUT2D eigenvalue weighted by atomic mass is 32.2. The van der Waals surface area contributed by atoms with Gasteiger partial charge < -0.3 is 14.8 Å². The summed E-state index contributed by atoms with van der Waals surface area (Å²) in [4.78, 5) is 38.2. The fraction of sp³-hybridized carbons (Fsp3) is 0.222. The quantitative estimate of drug-likeness (QED) is 0.381. The maximum atomic E-state index is 13.8. The van der Waals surface area contributed by atoms with Gasteiger partial charge in [0.25, 0.3) is 0 Å². The van der Waals surface area contributed by atoms with E-state index in [9.17, 15) is 31.2 Å². The van der Waals surface area contributed by atoms with E-state index in [1.807, 2.05) is 0 Å². The minimum absolute atomic E-state index is 0.00106. The van der Waals surface area contributed by atoms with E-state index in [1.54, 1.807) is 24.3 Å². The highest BCUT2D eigenvalue weighted by molar-refractivity contribution is 7.89. The normalized spacial score (nSPS) is 16.5. The molecule has 1 atom stereocenters. The molecule has 0 aromatic heterocycles.